The Labute approximate surface area is 149 Å². The number of nitrogens with zero attached hydrogens (tertiary/aromatic N) is 1. The summed E-state index contributed by atoms with van der Waals surface area (Å²) in [6, 6.07) is 8.60. The van der Waals surface area contributed by atoms with Crippen molar-refractivity contribution in [3.05, 3.63) is 57.9 Å². The van der Waals surface area contributed by atoms with Crippen LogP contribution >= 0.6 is 0 Å². The van der Waals surface area contributed by atoms with Crippen LogP contribution in [0.1, 0.15) is 5.56 Å². The fraction of sp³-hybridized carbons (Fsp3) is 0.235. The van der Waals surface area contributed by atoms with Gasteiger partial charge in [0.25, 0.3) is 0 Å². The number of benzene rings is 2. The molecule has 1 amide bonds. The molecule has 0 aliphatic carbocycles. The first-order valence-corrected chi connectivity index (χ1v) is 7.60. The average Bonchev–Trinajstić information content (AvgIpc) is 2.65. The number of carbonyl (C=O) groups excluding carboxylic acids is 1. The van der Waals surface area contributed by atoms with Crippen molar-refractivity contribution in [3.63, 3.8) is 0 Å². The maximum absolute atomic E-state index is 13.3. The predicted octanol–water partition coefficient (Wildman–Crippen LogP) is 2.48. The smallest absolute Gasteiger partial charge is 0.306 e. The molecule has 0 radical (unpaired) electrons. The van der Waals surface area contributed by atoms with Crippen molar-refractivity contribution in [3.8, 4) is 11.5 Å². The normalized spacial score (nSPS) is 10.1. The van der Waals surface area contributed by atoms with Gasteiger partial charge in [0.2, 0.25) is 11.7 Å². The number of amides is 1. The topological polar surface area (TPSA) is 103 Å². The van der Waals surface area contributed by atoms with Crippen molar-refractivity contribution in [1.29, 1.82) is 0 Å². The van der Waals surface area contributed by atoms with Crippen molar-refractivity contribution in [2.45, 2.75) is 6.54 Å². The minimum Gasteiger partial charge on any atom is -0.493 e. The maximum Gasteiger partial charge on any atom is 0.306 e. The summed E-state index contributed by atoms with van der Waals surface area (Å²) in [7, 11) is 3.05. The van der Waals surface area contributed by atoms with Crippen molar-refractivity contribution < 1.29 is 23.6 Å². The number of hydrogen-bond acceptors (Lipinski definition) is 6. The first kappa shape index (κ1) is 19.0. The van der Waals surface area contributed by atoms with Crippen LogP contribution in [0.15, 0.2) is 36.4 Å². The van der Waals surface area contributed by atoms with Crippen molar-refractivity contribution in [1.82, 2.24) is 5.32 Å². The van der Waals surface area contributed by atoms with E-state index in [9.17, 15) is 19.3 Å². The summed E-state index contributed by atoms with van der Waals surface area (Å²) in [5.41, 5.74) is 0.438. The quantitative estimate of drug-likeness (QED) is 0.552. The van der Waals surface area contributed by atoms with Crippen LogP contribution in [0.4, 0.5) is 15.8 Å². The van der Waals surface area contributed by atoms with Crippen LogP contribution in [0.2, 0.25) is 0 Å². The lowest BCUT2D eigenvalue weighted by molar-refractivity contribution is -0.387. The molecule has 0 spiro atoms. The molecule has 9 heteroatoms. The summed E-state index contributed by atoms with van der Waals surface area (Å²) < 4.78 is 23.6. The van der Waals surface area contributed by atoms with Gasteiger partial charge in [0, 0.05) is 18.3 Å². The fourth-order valence-corrected chi connectivity index (χ4v) is 2.20. The van der Waals surface area contributed by atoms with Gasteiger partial charge in [-0.25, -0.2) is 0 Å². The minimum atomic E-state index is -0.932. The van der Waals surface area contributed by atoms with E-state index in [0.29, 0.717) is 11.5 Å². The zero-order valence-electron chi connectivity index (χ0n) is 14.2. The van der Waals surface area contributed by atoms with Gasteiger partial charge in [-0.2, -0.15) is 4.39 Å². The first-order valence-electron chi connectivity index (χ1n) is 7.60. The maximum atomic E-state index is 13.3. The standard InChI is InChI=1S/C17H18FN3O5/c1-25-15-6-3-11(7-16(15)26-2)9-20-17(22)10-19-12-4-5-13(18)14(8-12)21(23)24/h3-8,19H,9-10H2,1-2H3,(H,20,22). The van der Waals surface area contributed by atoms with Gasteiger partial charge in [-0.15, -0.1) is 0 Å². The molecule has 0 aliphatic heterocycles. The summed E-state index contributed by atoms with van der Waals surface area (Å²) >= 11 is 0. The van der Waals surface area contributed by atoms with E-state index in [0.717, 1.165) is 17.7 Å². The van der Waals surface area contributed by atoms with Crippen molar-refractivity contribution >= 4 is 17.3 Å². The molecular weight excluding hydrogens is 345 g/mol. The van der Waals surface area contributed by atoms with Crippen LogP contribution < -0.4 is 20.1 Å². The molecule has 0 saturated heterocycles. The Hall–Kier alpha value is -3.36. The number of methoxy groups -OCH3 is 2. The van der Waals surface area contributed by atoms with Crippen LogP contribution in [0.25, 0.3) is 0 Å². The molecule has 2 rings (SSSR count). The molecule has 0 atom stereocenters. The molecule has 0 aromatic heterocycles. The second-order valence-electron chi connectivity index (χ2n) is 5.24. The molecule has 0 fully saturated rings. The summed E-state index contributed by atoms with van der Waals surface area (Å²) in [6.07, 6.45) is 0. The number of ether oxygens (including phenoxy) is 2. The van der Waals surface area contributed by atoms with Crippen molar-refractivity contribution in [2.75, 3.05) is 26.1 Å². The zero-order valence-corrected chi connectivity index (χ0v) is 14.2. The molecule has 0 bridgehead atoms. The predicted molar refractivity (Wildman–Crippen MR) is 92.9 cm³/mol. The molecule has 0 aliphatic rings. The lowest BCUT2D eigenvalue weighted by atomic mass is 10.2. The highest BCUT2D eigenvalue weighted by Gasteiger charge is 2.14. The Bertz CT molecular complexity index is 813. The van der Waals surface area contributed by atoms with E-state index in [1.807, 2.05) is 0 Å². The van der Waals surface area contributed by atoms with Crippen LogP contribution in [-0.4, -0.2) is 31.6 Å². The largest absolute Gasteiger partial charge is 0.493 e. The zero-order chi connectivity index (χ0) is 19.1. The van der Waals surface area contributed by atoms with E-state index in [-0.39, 0.29) is 24.7 Å². The molecule has 8 nitrogen and oxygen atoms in total. The highest BCUT2D eigenvalue weighted by atomic mass is 19.1. The number of anilines is 1. The third-order valence-corrected chi connectivity index (χ3v) is 3.53. The van der Waals surface area contributed by atoms with Gasteiger partial charge in [0.05, 0.1) is 25.7 Å². The van der Waals surface area contributed by atoms with Gasteiger partial charge in [0.15, 0.2) is 11.5 Å². The summed E-state index contributed by atoms with van der Waals surface area (Å²) in [6.45, 7) is 0.153. The lowest BCUT2D eigenvalue weighted by Crippen LogP contribution is -2.29. The molecule has 2 aromatic carbocycles. The highest BCUT2D eigenvalue weighted by Crippen LogP contribution is 2.27. The second kappa shape index (κ2) is 8.65. The van der Waals surface area contributed by atoms with E-state index in [4.69, 9.17) is 9.47 Å². The van der Waals surface area contributed by atoms with E-state index in [1.54, 1.807) is 18.2 Å². The van der Waals surface area contributed by atoms with Crippen LogP contribution in [0, 0.1) is 15.9 Å². The fourth-order valence-electron chi connectivity index (χ4n) is 2.20. The number of nitro benzene ring substituents is 1. The van der Waals surface area contributed by atoms with Crippen LogP contribution in [0.5, 0.6) is 11.5 Å². The Kier molecular flexibility index (Phi) is 6.31. The number of hydrogen-bond donors (Lipinski definition) is 2. The Morgan fingerprint density at radius 3 is 2.54 bits per heavy atom. The average molecular weight is 363 g/mol. The lowest BCUT2D eigenvalue weighted by Gasteiger charge is -2.11. The molecule has 0 unspecified atom stereocenters. The number of halogens is 1. The monoisotopic (exact) mass is 363 g/mol. The van der Waals surface area contributed by atoms with E-state index < -0.39 is 16.4 Å². The summed E-state index contributed by atoms with van der Waals surface area (Å²) in [5.74, 6) is -0.122. The molecule has 26 heavy (non-hydrogen) atoms. The second-order valence-corrected chi connectivity index (χ2v) is 5.24. The Morgan fingerprint density at radius 2 is 1.88 bits per heavy atom. The van der Waals surface area contributed by atoms with Gasteiger partial charge in [-0.1, -0.05) is 6.07 Å². The van der Waals surface area contributed by atoms with Crippen molar-refractivity contribution in [2.24, 2.45) is 0 Å². The van der Waals surface area contributed by atoms with E-state index in [2.05, 4.69) is 10.6 Å². The number of nitrogens with one attached hydrogen (secondary N) is 2. The SMILES string of the molecule is COc1ccc(CNC(=O)CNc2ccc(F)c([N+](=O)[O-])c2)cc1OC. The number of nitro groups is 1. The van der Waals surface area contributed by atoms with Gasteiger partial charge in [0.1, 0.15) is 0 Å². The third kappa shape index (κ3) is 4.82. The summed E-state index contributed by atoms with van der Waals surface area (Å²) in [4.78, 5) is 21.8. The van der Waals surface area contributed by atoms with Gasteiger partial charge in [-0.3, -0.25) is 14.9 Å². The van der Waals surface area contributed by atoms with Crippen LogP contribution in [-0.2, 0) is 11.3 Å². The van der Waals surface area contributed by atoms with E-state index in [1.165, 1.54) is 20.3 Å². The summed E-state index contributed by atoms with van der Waals surface area (Å²) in [5, 5.41) is 16.1. The Balaban J connectivity index is 1.90. The third-order valence-electron chi connectivity index (χ3n) is 3.53. The molecule has 2 aromatic rings. The minimum absolute atomic E-state index is 0.115. The van der Waals surface area contributed by atoms with Gasteiger partial charge >= 0.3 is 5.69 Å². The molecule has 2 N–H and O–H groups in total. The molecule has 138 valence electrons. The Morgan fingerprint density at radius 1 is 1.15 bits per heavy atom. The number of carbonyl (C=O) groups is 1. The van der Waals surface area contributed by atoms with Gasteiger partial charge < -0.3 is 20.1 Å². The molecule has 0 heterocycles. The molecule has 0 saturated carbocycles. The number of rotatable bonds is 8. The molecular formula is C17H18FN3O5. The van der Waals surface area contributed by atoms with Gasteiger partial charge in [-0.05, 0) is 29.8 Å². The van der Waals surface area contributed by atoms with Crippen LogP contribution in [0.3, 0.4) is 0 Å². The van der Waals surface area contributed by atoms with E-state index >= 15 is 0 Å². The first-order chi connectivity index (χ1) is 12.4. The highest BCUT2D eigenvalue weighted by molar-refractivity contribution is 5.80.